The van der Waals surface area contributed by atoms with Gasteiger partial charge in [-0.05, 0) is 24.3 Å². The van der Waals surface area contributed by atoms with Gasteiger partial charge in [-0.15, -0.1) is 11.8 Å². The Morgan fingerprint density at radius 1 is 1.38 bits per heavy atom. The highest BCUT2D eigenvalue weighted by molar-refractivity contribution is 7.99. The second-order valence-corrected chi connectivity index (χ2v) is 6.16. The molecule has 3 N–H and O–H groups in total. The molecular weight excluding hydrogens is 286 g/mol. The molecule has 1 saturated heterocycles. The zero-order valence-corrected chi connectivity index (χ0v) is 13.2. The van der Waals surface area contributed by atoms with E-state index in [0.717, 1.165) is 21.9 Å². The van der Waals surface area contributed by atoms with Crippen LogP contribution in [0.15, 0.2) is 23.1 Å². The van der Waals surface area contributed by atoms with Crippen molar-refractivity contribution < 1.29 is 9.59 Å². The van der Waals surface area contributed by atoms with Gasteiger partial charge in [0.2, 0.25) is 11.8 Å². The van der Waals surface area contributed by atoms with Crippen LogP contribution in [0.1, 0.15) is 25.8 Å². The number of hydrogen-bond donors (Lipinski definition) is 2. The number of nitrogens with zero attached hydrogens (tertiary/aromatic N) is 1. The van der Waals surface area contributed by atoms with Gasteiger partial charge in [0.1, 0.15) is 6.04 Å². The summed E-state index contributed by atoms with van der Waals surface area (Å²) >= 11 is 1.72. The van der Waals surface area contributed by atoms with Gasteiger partial charge in [0.15, 0.2) is 0 Å². The van der Waals surface area contributed by atoms with Gasteiger partial charge < -0.3 is 10.6 Å². The van der Waals surface area contributed by atoms with E-state index >= 15 is 0 Å². The number of piperazine rings is 1. The highest BCUT2D eigenvalue weighted by Crippen LogP contribution is 2.32. The van der Waals surface area contributed by atoms with Crippen LogP contribution in [0, 0.1) is 0 Å². The molecular formula is C15H21N3O2S. The van der Waals surface area contributed by atoms with Crippen molar-refractivity contribution in [2.75, 3.05) is 17.2 Å². The lowest BCUT2D eigenvalue weighted by Gasteiger charge is -2.36. The van der Waals surface area contributed by atoms with Crippen molar-refractivity contribution in [1.29, 1.82) is 0 Å². The SMILES string of the molecule is CCSc1cccc(N2CC(=O)NC(=O)C2CC)c1CN. The predicted octanol–water partition coefficient (Wildman–Crippen LogP) is 1.50. The number of hydrogen-bond acceptors (Lipinski definition) is 5. The number of amides is 2. The molecule has 0 spiro atoms. The smallest absolute Gasteiger partial charge is 0.249 e. The lowest BCUT2D eigenvalue weighted by atomic mass is 10.1. The molecule has 2 rings (SSSR count). The van der Waals surface area contributed by atoms with E-state index in [0.29, 0.717) is 13.0 Å². The Morgan fingerprint density at radius 3 is 2.76 bits per heavy atom. The molecule has 0 aliphatic carbocycles. The van der Waals surface area contributed by atoms with Crippen molar-refractivity contribution in [3.8, 4) is 0 Å². The molecule has 114 valence electrons. The van der Waals surface area contributed by atoms with Gasteiger partial charge in [-0.3, -0.25) is 14.9 Å². The molecule has 1 aliphatic heterocycles. The summed E-state index contributed by atoms with van der Waals surface area (Å²) in [7, 11) is 0. The van der Waals surface area contributed by atoms with Crippen LogP contribution in [0.3, 0.4) is 0 Å². The summed E-state index contributed by atoms with van der Waals surface area (Å²) in [6, 6.07) is 5.61. The minimum absolute atomic E-state index is 0.192. The number of carbonyl (C=O) groups is 2. The number of nitrogens with two attached hydrogens (primary N) is 1. The minimum Gasteiger partial charge on any atom is -0.350 e. The second kappa shape index (κ2) is 6.95. The van der Waals surface area contributed by atoms with Gasteiger partial charge in [0.05, 0.1) is 6.54 Å². The minimum atomic E-state index is -0.324. The quantitative estimate of drug-likeness (QED) is 0.637. The first-order chi connectivity index (χ1) is 10.1. The summed E-state index contributed by atoms with van der Waals surface area (Å²) < 4.78 is 0. The standard InChI is InChI=1S/C15H21N3O2S/c1-3-11-15(20)17-14(19)9-18(11)12-6-5-7-13(21-4-2)10(12)8-16/h5-7,11H,3-4,8-9,16H2,1-2H3,(H,17,19,20). The summed E-state index contributed by atoms with van der Waals surface area (Å²) in [5.74, 6) is 0.457. The van der Waals surface area contributed by atoms with E-state index in [-0.39, 0.29) is 24.4 Å². The van der Waals surface area contributed by atoms with Gasteiger partial charge in [-0.25, -0.2) is 0 Å². The van der Waals surface area contributed by atoms with Crippen LogP contribution in [-0.2, 0) is 16.1 Å². The summed E-state index contributed by atoms with van der Waals surface area (Å²) in [6.45, 7) is 4.61. The first-order valence-electron chi connectivity index (χ1n) is 7.17. The van der Waals surface area contributed by atoms with Crippen LogP contribution in [0.25, 0.3) is 0 Å². The van der Waals surface area contributed by atoms with Crippen molar-refractivity contribution in [3.05, 3.63) is 23.8 Å². The normalized spacial score (nSPS) is 18.8. The van der Waals surface area contributed by atoms with Gasteiger partial charge >= 0.3 is 0 Å². The molecule has 0 radical (unpaired) electrons. The summed E-state index contributed by atoms with van der Waals surface area (Å²) in [6.07, 6.45) is 0.647. The molecule has 1 fully saturated rings. The highest BCUT2D eigenvalue weighted by Gasteiger charge is 2.33. The largest absolute Gasteiger partial charge is 0.350 e. The summed E-state index contributed by atoms with van der Waals surface area (Å²) in [4.78, 5) is 26.7. The molecule has 1 aromatic carbocycles. The third kappa shape index (κ3) is 3.22. The maximum absolute atomic E-state index is 12.0. The number of anilines is 1. The zero-order valence-electron chi connectivity index (χ0n) is 12.4. The van der Waals surface area contributed by atoms with Gasteiger partial charge in [0, 0.05) is 22.7 Å². The summed E-state index contributed by atoms with van der Waals surface area (Å²) in [5.41, 5.74) is 7.82. The fraction of sp³-hybridized carbons (Fsp3) is 0.467. The number of thioether (sulfide) groups is 1. The van der Waals surface area contributed by atoms with E-state index in [1.165, 1.54) is 0 Å². The van der Waals surface area contributed by atoms with E-state index in [9.17, 15) is 9.59 Å². The molecule has 21 heavy (non-hydrogen) atoms. The Balaban J connectivity index is 2.45. The molecule has 5 nitrogen and oxygen atoms in total. The van der Waals surface area contributed by atoms with Crippen molar-refractivity contribution in [1.82, 2.24) is 5.32 Å². The fourth-order valence-corrected chi connectivity index (χ4v) is 3.49. The summed E-state index contributed by atoms with van der Waals surface area (Å²) in [5, 5.41) is 2.40. The maximum atomic E-state index is 12.0. The third-order valence-electron chi connectivity index (χ3n) is 3.56. The monoisotopic (exact) mass is 307 g/mol. The number of imide groups is 1. The number of benzene rings is 1. The maximum Gasteiger partial charge on any atom is 0.249 e. The molecule has 0 aromatic heterocycles. The molecule has 1 atom stereocenters. The molecule has 0 bridgehead atoms. The lowest BCUT2D eigenvalue weighted by molar-refractivity contribution is -0.132. The Kier molecular flexibility index (Phi) is 5.25. The lowest BCUT2D eigenvalue weighted by Crippen LogP contribution is -2.58. The van der Waals surface area contributed by atoms with E-state index in [2.05, 4.69) is 12.2 Å². The van der Waals surface area contributed by atoms with Crippen LogP contribution in [0.4, 0.5) is 5.69 Å². The van der Waals surface area contributed by atoms with Gasteiger partial charge in [-0.2, -0.15) is 0 Å². The van der Waals surface area contributed by atoms with Gasteiger partial charge in [0.25, 0.3) is 0 Å². The van der Waals surface area contributed by atoms with E-state index in [4.69, 9.17) is 5.73 Å². The van der Waals surface area contributed by atoms with Crippen LogP contribution in [0.5, 0.6) is 0 Å². The molecule has 1 unspecified atom stereocenters. The van der Waals surface area contributed by atoms with E-state index in [1.54, 1.807) is 11.8 Å². The molecule has 6 heteroatoms. The molecule has 2 amide bonds. The van der Waals surface area contributed by atoms with Crippen molar-refractivity contribution in [2.45, 2.75) is 37.8 Å². The number of carbonyl (C=O) groups excluding carboxylic acids is 2. The Morgan fingerprint density at radius 2 is 2.14 bits per heavy atom. The first-order valence-corrected chi connectivity index (χ1v) is 8.16. The van der Waals surface area contributed by atoms with E-state index < -0.39 is 0 Å². The Bertz CT molecular complexity index is 548. The molecule has 0 saturated carbocycles. The number of nitrogens with one attached hydrogen (secondary N) is 1. The van der Waals surface area contributed by atoms with Crippen LogP contribution in [-0.4, -0.2) is 30.2 Å². The first kappa shape index (κ1) is 15.9. The van der Waals surface area contributed by atoms with Crippen LogP contribution in [0.2, 0.25) is 0 Å². The van der Waals surface area contributed by atoms with Crippen molar-refractivity contribution in [3.63, 3.8) is 0 Å². The Labute approximate surface area is 129 Å². The average molecular weight is 307 g/mol. The number of rotatable bonds is 5. The van der Waals surface area contributed by atoms with Crippen LogP contribution >= 0.6 is 11.8 Å². The van der Waals surface area contributed by atoms with Gasteiger partial charge in [-0.1, -0.05) is 19.9 Å². The third-order valence-corrected chi connectivity index (χ3v) is 4.55. The highest BCUT2D eigenvalue weighted by atomic mass is 32.2. The second-order valence-electron chi connectivity index (χ2n) is 4.86. The molecule has 1 aliphatic rings. The van der Waals surface area contributed by atoms with E-state index in [1.807, 2.05) is 30.0 Å². The van der Waals surface area contributed by atoms with Crippen molar-refractivity contribution in [2.24, 2.45) is 5.73 Å². The molecule has 1 heterocycles. The Hall–Kier alpha value is -1.53. The zero-order chi connectivity index (χ0) is 15.4. The fourth-order valence-electron chi connectivity index (χ4n) is 2.64. The van der Waals surface area contributed by atoms with Crippen LogP contribution < -0.4 is 16.0 Å². The van der Waals surface area contributed by atoms with Crippen molar-refractivity contribution >= 4 is 29.3 Å². The topological polar surface area (TPSA) is 75.4 Å². The average Bonchev–Trinajstić information content (AvgIpc) is 2.46. The predicted molar refractivity (Wildman–Crippen MR) is 85.3 cm³/mol. The molecule has 1 aromatic rings.